The van der Waals surface area contributed by atoms with Gasteiger partial charge in [-0.25, -0.2) is 0 Å². The predicted molar refractivity (Wildman–Crippen MR) is 92.9 cm³/mol. The molecule has 3 aliphatic rings. The summed E-state index contributed by atoms with van der Waals surface area (Å²) in [6, 6.07) is 6.75. The molecule has 0 unspecified atom stereocenters. The molecule has 4 rings (SSSR count). The van der Waals surface area contributed by atoms with Gasteiger partial charge in [0.05, 0.1) is 12.7 Å². The van der Waals surface area contributed by atoms with Crippen LogP contribution in [-0.4, -0.2) is 17.8 Å². The van der Waals surface area contributed by atoms with E-state index in [0.29, 0.717) is 5.92 Å². The summed E-state index contributed by atoms with van der Waals surface area (Å²) >= 11 is 0. The molecule has 0 bridgehead atoms. The van der Waals surface area contributed by atoms with E-state index < -0.39 is 0 Å². The number of rotatable bonds is 3. The topological polar surface area (TPSA) is 29.5 Å². The number of benzene rings is 1. The van der Waals surface area contributed by atoms with E-state index in [1.54, 1.807) is 5.56 Å². The molecule has 1 aromatic carbocycles. The van der Waals surface area contributed by atoms with Crippen LogP contribution in [0.25, 0.3) is 0 Å². The second-order valence-corrected chi connectivity index (χ2v) is 7.93. The fourth-order valence-corrected chi connectivity index (χ4v) is 6.26. The quantitative estimate of drug-likeness (QED) is 0.877. The summed E-state index contributed by atoms with van der Waals surface area (Å²) in [6.45, 7) is 5.09. The zero-order valence-corrected chi connectivity index (χ0v) is 14.6. The van der Waals surface area contributed by atoms with E-state index >= 15 is 0 Å². The highest BCUT2D eigenvalue weighted by Gasteiger charge is 2.55. The van der Waals surface area contributed by atoms with E-state index in [2.05, 4.69) is 32.0 Å². The van der Waals surface area contributed by atoms with Gasteiger partial charge in [-0.3, -0.25) is 0 Å². The molecular formula is C21H30O2. The van der Waals surface area contributed by atoms with Gasteiger partial charge in [-0.2, -0.15) is 0 Å². The van der Waals surface area contributed by atoms with Crippen molar-refractivity contribution in [2.75, 3.05) is 6.61 Å². The fraction of sp³-hybridized carbons (Fsp3) is 0.714. The number of aliphatic hydroxyl groups is 1. The van der Waals surface area contributed by atoms with Crippen LogP contribution in [0.5, 0.6) is 5.75 Å². The lowest BCUT2D eigenvalue weighted by Crippen LogP contribution is -2.45. The summed E-state index contributed by atoms with van der Waals surface area (Å²) in [4.78, 5) is 0. The third-order valence-corrected chi connectivity index (χ3v) is 7.34. The van der Waals surface area contributed by atoms with Gasteiger partial charge < -0.3 is 9.84 Å². The Balaban J connectivity index is 1.68. The molecule has 2 saturated carbocycles. The second-order valence-electron chi connectivity index (χ2n) is 7.93. The third-order valence-electron chi connectivity index (χ3n) is 7.34. The van der Waals surface area contributed by atoms with Crippen molar-refractivity contribution in [2.24, 2.45) is 17.3 Å². The van der Waals surface area contributed by atoms with Crippen molar-refractivity contribution in [2.45, 2.75) is 70.8 Å². The van der Waals surface area contributed by atoms with Crippen molar-refractivity contribution < 1.29 is 9.84 Å². The van der Waals surface area contributed by atoms with Crippen LogP contribution in [0.15, 0.2) is 18.2 Å². The Hall–Kier alpha value is -1.02. The van der Waals surface area contributed by atoms with Gasteiger partial charge in [-0.15, -0.1) is 0 Å². The van der Waals surface area contributed by atoms with Crippen LogP contribution in [0.2, 0.25) is 0 Å². The smallest absolute Gasteiger partial charge is 0.119 e. The molecule has 0 aliphatic heterocycles. The highest BCUT2D eigenvalue weighted by Crippen LogP contribution is 2.62. The molecule has 0 heterocycles. The minimum Gasteiger partial charge on any atom is -0.494 e. The zero-order valence-electron chi connectivity index (χ0n) is 14.6. The molecule has 0 radical (unpaired) electrons. The standard InChI is InChI=1S/C21H30O2/c1-3-21-12-11-16-17(19(21)9-10-20(21)22)8-6-14-5-7-15(23-4-2)13-18(14)16/h5,7,13,16-17,19-20,22H,3-4,6,8-12H2,1-2H3/t16-,17+,19-,20-,21-/m0/s1. The molecule has 126 valence electrons. The van der Waals surface area contributed by atoms with Crippen LogP contribution < -0.4 is 4.74 Å². The molecule has 2 heteroatoms. The van der Waals surface area contributed by atoms with Gasteiger partial charge in [0.2, 0.25) is 0 Å². The molecule has 5 atom stereocenters. The normalized spacial score (nSPS) is 38.6. The van der Waals surface area contributed by atoms with Crippen LogP contribution in [0.4, 0.5) is 0 Å². The zero-order chi connectivity index (χ0) is 16.0. The monoisotopic (exact) mass is 314 g/mol. The number of ether oxygens (including phenoxy) is 1. The Kier molecular flexibility index (Phi) is 3.91. The predicted octanol–water partition coefficient (Wildman–Crippen LogP) is 4.69. The summed E-state index contributed by atoms with van der Waals surface area (Å²) in [6.07, 6.45) is 8.30. The van der Waals surface area contributed by atoms with Crippen LogP contribution in [0.3, 0.4) is 0 Å². The van der Waals surface area contributed by atoms with Crippen molar-refractivity contribution in [3.8, 4) is 5.75 Å². The van der Waals surface area contributed by atoms with Crippen molar-refractivity contribution in [1.82, 2.24) is 0 Å². The Morgan fingerprint density at radius 2 is 2.04 bits per heavy atom. The van der Waals surface area contributed by atoms with Crippen molar-refractivity contribution in [3.63, 3.8) is 0 Å². The number of aliphatic hydroxyl groups excluding tert-OH is 1. The Bertz CT molecular complexity index is 581. The van der Waals surface area contributed by atoms with Gasteiger partial charge in [0.25, 0.3) is 0 Å². The molecule has 2 nitrogen and oxygen atoms in total. The summed E-state index contributed by atoms with van der Waals surface area (Å²) in [5, 5.41) is 10.7. The average molecular weight is 314 g/mol. The molecule has 1 aromatic rings. The highest BCUT2D eigenvalue weighted by molar-refractivity contribution is 5.41. The first-order valence-electron chi connectivity index (χ1n) is 9.63. The molecule has 23 heavy (non-hydrogen) atoms. The van der Waals surface area contributed by atoms with Gasteiger partial charge in [0, 0.05) is 0 Å². The first-order chi connectivity index (χ1) is 11.2. The molecule has 1 N–H and O–H groups in total. The Labute approximate surface area is 140 Å². The van der Waals surface area contributed by atoms with E-state index in [9.17, 15) is 5.11 Å². The minimum absolute atomic E-state index is 0.0606. The van der Waals surface area contributed by atoms with E-state index in [1.165, 1.54) is 37.7 Å². The average Bonchev–Trinajstić information content (AvgIpc) is 2.92. The summed E-state index contributed by atoms with van der Waals surface area (Å²) in [7, 11) is 0. The largest absolute Gasteiger partial charge is 0.494 e. The van der Waals surface area contributed by atoms with Crippen LogP contribution in [0, 0.1) is 17.3 Å². The molecule has 0 aromatic heterocycles. The molecular weight excluding hydrogens is 284 g/mol. The fourth-order valence-electron chi connectivity index (χ4n) is 6.26. The van der Waals surface area contributed by atoms with Crippen molar-refractivity contribution >= 4 is 0 Å². The summed E-state index contributed by atoms with van der Waals surface area (Å²) in [5.74, 6) is 3.22. The van der Waals surface area contributed by atoms with Crippen LogP contribution in [0.1, 0.15) is 69.4 Å². The lowest BCUT2D eigenvalue weighted by Gasteiger charge is -2.51. The van der Waals surface area contributed by atoms with E-state index in [1.807, 2.05) is 0 Å². The maximum Gasteiger partial charge on any atom is 0.119 e. The van der Waals surface area contributed by atoms with Crippen LogP contribution >= 0.6 is 0 Å². The summed E-state index contributed by atoms with van der Waals surface area (Å²) < 4.78 is 5.76. The number of hydrogen-bond acceptors (Lipinski definition) is 2. The van der Waals surface area contributed by atoms with Gasteiger partial charge >= 0.3 is 0 Å². The van der Waals surface area contributed by atoms with Crippen molar-refractivity contribution in [3.05, 3.63) is 29.3 Å². The van der Waals surface area contributed by atoms with Crippen LogP contribution in [-0.2, 0) is 6.42 Å². The van der Waals surface area contributed by atoms with E-state index in [4.69, 9.17) is 4.74 Å². The molecule has 0 saturated heterocycles. The van der Waals surface area contributed by atoms with Gasteiger partial charge in [-0.1, -0.05) is 13.0 Å². The maximum absolute atomic E-state index is 10.7. The van der Waals surface area contributed by atoms with Gasteiger partial charge in [-0.05, 0) is 98.3 Å². The minimum atomic E-state index is -0.0606. The number of aryl methyl sites for hydroxylation is 1. The second kappa shape index (κ2) is 5.81. The molecule has 0 amide bonds. The van der Waals surface area contributed by atoms with Crippen molar-refractivity contribution in [1.29, 1.82) is 0 Å². The van der Waals surface area contributed by atoms with E-state index in [0.717, 1.165) is 37.0 Å². The molecule has 2 fully saturated rings. The Morgan fingerprint density at radius 3 is 2.83 bits per heavy atom. The first kappa shape index (κ1) is 15.5. The maximum atomic E-state index is 10.7. The van der Waals surface area contributed by atoms with E-state index in [-0.39, 0.29) is 11.5 Å². The number of fused-ring (bicyclic) bond motifs is 5. The third kappa shape index (κ3) is 2.25. The number of hydrogen-bond donors (Lipinski definition) is 1. The molecule has 0 spiro atoms. The van der Waals surface area contributed by atoms with Gasteiger partial charge in [0.15, 0.2) is 0 Å². The first-order valence-corrected chi connectivity index (χ1v) is 9.63. The van der Waals surface area contributed by atoms with Gasteiger partial charge in [0.1, 0.15) is 5.75 Å². The lowest BCUT2D eigenvalue weighted by molar-refractivity contribution is -0.0394. The lowest BCUT2D eigenvalue weighted by atomic mass is 9.54. The summed E-state index contributed by atoms with van der Waals surface area (Å²) in [5.41, 5.74) is 3.31. The highest BCUT2D eigenvalue weighted by atomic mass is 16.5. The Morgan fingerprint density at radius 1 is 1.17 bits per heavy atom. The molecule has 3 aliphatic carbocycles. The SMILES string of the molecule is CCOc1ccc2c(c1)[C@H]1CC[C@]3(CC)[C@@H](O)CC[C@H]3[C@@H]1CC2.